The van der Waals surface area contributed by atoms with Crippen LogP contribution in [-0.2, 0) is 11.2 Å². The zero-order valence-corrected chi connectivity index (χ0v) is 10.6. The van der Waals surface area contributed by atoms with Crippen LogP contribution in [0.2, 0.25) is 0 Å². The molecule has 1 aromatic rings. The molecule has 0 aliphatic heterocycles. The summed E-state index contributed by atoms with van der Waals surface area (Å²) < 4.78 is 0. The van der Waals surface area contributed by atoms with Crippen molar-refractivity contribution in [3.8, 4) is 11.8 Å². The molecule has 0 saturated carbocycles. The van der Waals surface area contributed by atoms with Gasteiger partial charge in [-0.05, 0) is 18.8 Å². The first-order valence-electron chi connectivity index (χ1n) is 5.28. The Labute approximate surface area is 100 Å². The van der Waals surface area contributed by atoms with Crippen LogP contribution in [0.25, 0.3) is 0 Å². The highest BCUT2D eigenvalue weighted by Crippen LogP contribution is 2.17. The number of amides is 1. The Bertz CT molecular complexity index is 412. The largest absolute Gasteiger partial charge is 0.345 e. The summed E-state index contributed by atoms with van der Waals surface area (Å²) >= 11 is 1.64. The van der Waals surface area contributed by atoms with E-state index >= 15 is 0 Å². The number of hydrogen-bond donors (Lipinski definition) is 1. The summed E-state index contributed by atoms with van der Waals surface area (Å²) in [6.45, 7) is 6.49. The molecule has 0 saturated heterocycles. The molecule has 1 aromatic heterocycles. The van der Waals surface area contributed by atoms with E-state index in [0.717, 1.165) is 17.1 Å². The van der Waals surface area contributed by atoms with Crippen molar-refractivity contribution in [3.05, 3.63) is 16.1 Å². The number of nitrogens with zero attached hydrogens (tertiary/aromatic N) is 1. The Balaban J connectivity index is 2.36. The number of aromatic nitrogens is 1. The van der Waals surface area contributed by atoms with E-state index in [0.29, 0.717) is 12.5 Å². The van der Waals surface area contributed by atoms with Gasteiger partial charge in [-0.15, -0.1) is 11.3 Å². The van der Waals surface area contributed by atoms with Gasteiger partial charge in [0.2, 0.25) is 0 Å². The van der Waals surface area contributed by atoms with Gasteiger partial charge < -0.3 is 5.32 Å². The molecule has 4 heteroatoms. The van der Waals surface area contributed by atoms with Crippen molar-refractivity contribution in [1.82, 2.24) is 10.3 Å². The normalized spacial score (nSPS) is 9.75. The number of nitrogens with one attached hydrogen (secondary N) is 1. The van der Waals surface area contributed by atoms with Crippen LogP contribution in [0.4, 0.5) is 0 Å². The molecule has 86 valence electrons. The van der Waals surface area contributed by atoms with Gasteiger partial charge in [-0.3, -0.25) is 4.79 Å². The van der Waals surface area contributed by atoms with Crippen LogP contribution in [0.1, 0.15) is 37.4 Å². The van der Waals surface area contributed by atoms with E-state index < -0.39 is 0 Å². The zero-order chi connectivity index (χ0) is 12.0. The van der Waals surface area contributed by atoms with E-state index in [4.69, 9.17) is 0 Å². The number of carbonyl (C=O) groups excluding carboxylic acids is 1. The molecule has 0 bridgehead atoms. The fraction of sp³-hybridized carbons (Fsp3) is 0.500. The van der Waals surface area contributed by atoms with Crippen molar-refractivity contribution in [2.45, 2.75) is 33.1 Å². The summed E-state index contributed by atoms with van der Waals surface area (Å²) in [7, 11) is 0. The zero-order valence-electron chi connectivity index (χ0n) is 9.83. The molecule has 0 spiro atoms. The minimum atomic E-state index is -0.219. The van der Waals surface area contributed by atoms with Crippen molar-refractivity contribution in [3.63, 3.8) is 0 Å². The molecule has 3 nitrogen and oxygen atoms in total. The predicted octanol–water partition coefficient (Wildman–Crippen LogP) is 1.95. The predicted molar refractivity (Wildman–Crippen MR) is 66.4 cm³/mol. The number of rotatable bonds is 4. The van der Waals surface area contributed by atoms with Gasteiger partial charge in [-0.2, -0.15) is 0 Å². The van der Waals surface area contributed by atoms with Crippen LogP contribution in [-0.4, -0.2) is 17.4 Å². The molecule has 1 amide bonds. The Hall–Kier alpha value is -1.34. The standard InChI is InChI=1S/C12H16N2OS/c1-4-5-11(15)13-7-6-12-14-10(8-16-12)9(2)3/h8-9H,6-7H2,1-3H3,(H,13,15). The molecule has 0 radical (unpaired) electrons. The van der Waals surface area contributed by atoms with Gasteiger partial charge in [0, 0.05) is 18.3 Å². The van der Waals surface area contributed by atoms with Gasteiger partial charge in [0.1, 0.15) is 0 Å². The van der Waals surface area contributed by atoms with Gasteiger partial charge >= 0.3 is 0 Å². The highest BCUT2D eigenvalue weighted by Gasteiger charge is 2.05. The molecule has 0 atom stereocenters. The lowest BCUT2D eigenvalue weighted by Gasteiger charge is -1.99. The Morgan fingerprint density at radius 3 is 2.94 bits per heavy atom. The molecular weight excluding hydrogens is 220 g/mol. The third kappa shape index (κ3) is 4.03. The Morgan fingerprint density at radius 2 is 2.38 bits per heavy atom. The summed E-state index contributed by atoms with van der Waals surface area (Å²) in [4.78, 5) is 15.5. The Kier molecular flexibility index (Phi) is 5.00. The summed E-state index contributed by atoms with van der Waals surface area (Å²) in [6, 6.07) is 0. The summed E-state index contributed by atoms with van der Waals surface area (Å²) in [6.07, 6.45) is 0.772. The fourth-order valence-corrected chi connectivity index (χ4v) is 2.11. The first-order chi connectivity index (χ1) is 7.63. The third-order valence-corrected chi connectivity index (χ3v) is 2.95. The average Bonchev–Trinajstić information content (AvgIpc) is 2.67. The average molecular weight is 236 g/mol. The SMILES string of the molecule is CC#CC(=O)NCCc1nc(C(C)C)cs1. The van der Waals surface area contributed by atoms with Crippen LogP contribution in [0.15, 0.2) is 5.38 Å². The summed E-state index contributed by atoms with van der Waals surface area (Å²) in [5, 5.41) is 5.87. The lowest BCUT2D eigenvalue weighted by atomic mass is 10.2. The van der Waals surface area contributed by atoms with Crippen molar-refractivity contribution in [2.24, 2.45) is 0 Å². The molecule has 0 unspecified atom stereocenters. The van der Waals surface area contributed by atoms with Gasteiger partial charge in [0.25, 0.3) is 5.91 Å². The second-order valence-corrected chi connectivity index (χ2v) is 4.64. The summed E-state index contributed by atoms with van der Waals surface area (Å²) in [5.41, 5.74) is 1.12. The lowest BCUT2D eigenvalue weighted by molar-refractivity contribution is -0.115. The number of carbonyl (C=O) groups is 1. The van der Waals surface area contributed by atoms with Crippen molar-refractivity contribution >= 4 is 17.2 Å². The molecule has 0 aliphatic carbocycles. The highest BCUT2D eigenvalue weighted by molar-refractivity contribution is 7.09. The molecule has 0 fully saturated rings. The molecule has 0 aliphatic rings. The minimum absolute atomic E-state index is 0.219. The maximum atomic E-state index is 11.0. The van der Waals surface area contributed by atoms with Crippen LogP contribution in [0, 0.1) is 11.8 Å². The molecular formula is C12H16N2OS. The summed E-state index contributed by atoms with van der Waals surface area (Å²) in [5.74, 6) is 5.24. The molecule has 1 N–H and O–H groups in total. The van der Waals surface area contributed by atoms with Crippen LogP contribution >= 0.6 is 11.3 Å². The van der Waals surface area contributed by atoms with Gasteiger partial charge in [-0.25, -0.2) is 4.98 Å². The topological polar surface area (TPSA) is 42.0 Å². The van der Waals surface area contributed by atoms with E-state index in [1.165, 1.54) is 0 Å². The first kappa shape index (κ1) is 12.7. The lowest BCUT2D eigenvalue weighted by Crippen LogP contribution is -2.23. The minimum Gasteiger partial charge on any atom is -0.345 e. The van der Waals surface area contributed by atoms with Gasteiger partial charge in [0.15, 0.2) is 0 Å². The number of thiazole rings is 1. The van der Waals surface area contributed by atoms with Crippen LogP contribution < -0.4 is 5.32 Å². The van der Waals surface area contributed by atoms with Crippen LogP contribution in [0.5, 0.6) is 0 Å². The van der Waals surface area contributed by atoms with Gasteiger partial charge in [-0.1, -0.05) is 19.8 Å². The maximum absolute atomic E-state index is 11.0. The smallest absolute Gasteiger partial charge is 0.295 e. The Morgan fingerprint density at radius 1 is 1.62 bits per heavy atom. The second kappa shape index (κ2) is 6.29. The van der Waals surface area contributed by atoms with Crippen molar-refractivity contribution < 1.29 is 4.79 Å². The van der Waals surface area contributed by atoms with E-state index in [1.807, 2.05) is 0 Å². The molecule has 1 heterocycles. The first-order valence-corrected chi connectivity index (χ1v) is 6.16. The van der Waals surface area contributed by atoms with E-state index in [-0.39, 0.29) is 5.91 Å². The van der Waals surface area contributed by atoms with E-state index in [9.17, 15) is 4.79 Å². The van der Waals surface area contributed by atoms with Crippen molar-refractivity contribution in [1.29, 1.82) is 0 Å². The van der Waals surface area contributed by atoms with E-state index in [2.05, 4.69) is 41.4 Å². The van der Waals surface area contributed by atoms with Crippen LogP contribution in [0.3, 0.4) is 0 Å². The fourth-order valence-electron chi connectivity index (χ4n) is 1.15. The molecule has 0 aromatic carbocycles. The highest BCUT2D eigenvalue weighted by atomic mass is 32.1. The van der Waals surface area contributed by atoms with E-state index in [1.54, 1.807) is 18.3 Å². The molecule has 16 heavy (non-hydrogen) atoms. The third-order valence-electron chi connectivity index (χ3n) is 2.02. The quantitative estimate of drug-likeness (QED) is 0.812. The van der Waals surface area contributed by atoms with Gasteiger partial charge in [0.05, 0.1) is 10.7 Å². The van der Waals surface area contributed by atoms with Crippen molar-refractivity contribution in [2.75, 3.05) is 6.54 Å². The number of hydrogen-bond acceptors (Lipinski definition) is 3. The maximum Gasteiger partial charge on any atom is 0.295 e. The second-order valence-electron chi connectivity index (χ2n) is 3.70. The monoisotopic (exact) mass is 236 g/mol. The molecule has 1 rings (SSSR count).